The zero-order chi connectivity index (χ0) is 20.7. The number of amides is 1. The second-order valence-electron chi connectivity index (χ2n) is 7.10. The molecule has 3 heterocycles. The molecule has 1 aromatic heterocycles. The number of benzene rings is 2. The van der Waals surface area contributed by atoms with Crippen molar-refractivity contribution in [3.8, 4) is 0 Å². The molecule has 0 bridgehead atoms. The Balaban J connectivity index is 1.49. The summed E-state index contributed by atoms with van der Waals surface area (Å²) in [6.07, 6.45) is 1.63. The fourth-order valence-corrected chi connectivity index (χ4v) is 4.72. The summed E-state index contributed by atoms with van der Waals surface area (Å²) in [6, 6.07) is 14.0. The summed E-state index contributed by atoms with van der Waals surface area (Å²) in [5.74, 6) is 0.218. The third-order valence-corrected chi connectivity index (χ3v) is 6.45. The first-order chi connectivity index (χ1) is 14.5. The molecule has 154 valence electrons. The highest BCUT2D eigenvalue weighted by atomic mass is 32.2. The Morgan fingerprint density at radius 3 is 2.67 bits per heavy atom. The van der Waals surface area contributed by atoms with Gasteiger partial charge in [0.2, 0.25) is 0 Å². The Kier molecular flexibility index (Phi) is 4.67. The van der Waals surface area contributed by atoms with Gasteiger partial charge in [-0.1, -0.05) is 18.2 Å². The molecule has 0 atom stereocenters. The summed E-state index contributed by atoms with van der Waals surface area (Å²) >= 11 is 0. The van der Waals surface area contributed by atoms with Gasteiger partial charge in [-0.3, -0.25) is 4.79 Å². The number of carbonyl (C=O) groups is 1. The van der Waals surface area contributed by atoms with Crippen LogP contribution >= 0.6 is 0 Å². The molecule has 8 nitrogen and oxygen atoms in total. The van der Waals surface area contributed by atoms with Crippen molar-refractivity contribution in [2.45, 2.75) is 4.90 Å². The Morgan fingerprint density at radius 2 is 1.87 bits per heavy atom. The Labute approximate surface area is 173 Å². The molecular formula is C21H19N3O5S. The first kappa shape index (κ1) is 19.0. The number of rotatable bonds is 4. The summed E-state index contributed by atoms with van der Waals surface area (Å²) < 4.78 is 36.7. The van der Waals surface area contributed by atoms with Gasteiger partial charge in [0.05, 0.1) is 23.7 Å². The van der Waals surface area contributed by atoms with Crippen LogP contribution in [0.4, 0.5) is 5.69 Å². The number of nitrogens with zero attached hydrogens (tertiary/aromatic N) is 1. The maximum absolute atomic E-state index is 12.8. The number of para-hydroxylation sites is 1. The molecule has 0 radical (unpaired) electrons. The molecule has 1 saturated heterocycles. The smallest absolute Gasteiger partial charge is 0.256 e. The van der Waals surface area contributed by atoms with E-state index in [-0.39, 0.29) is 10.8 Å². The molecule has 0 spiro atoms. The van der Waals surface area contributed by atoms with E-state index in [9.17, 15) is 13.2 Å². The molecule has 0 saturated carbocycles. The average molecular weight is 425 g/mol. The molecule has 0 aliphatic carbocycles. The van der Waals surface area contributed by atoms with Crippen molar-refractivity contribution in [3.05, 3.63) is 59.9 Å². The molecular weight excluding hydrogens is 406 g/mol. The van der Waals surface area contributed by atoms with Crippen molar-refractivity contribution < 1.29 is 22.4 Å². The first-order valence-electron chi connectivity index (χ1n) is 9.51. The molecule has 0 unspecified atom stereocenters. The van der Waals surface area contributed by atoms with Gasteiger partial charge >= 0.3 is 0 Å². The van der Waals surface area contributed by atoms with Crippen molar-refractivity contribution in [2.75, 3.05) is 31.6 Å². The lowest BCUT2D eigenvalue weighted by atomic mass is 10.1. The maximum Gasteiger partial charge on any atom is 0.256 e. The minimum Gasteiger partial charge on any atom is -0.457 e. The molecule has 1 fully saturated rings. The monoisotopic (exact) mass is 425 g/mol. The summed E-state index contributed by atoms with van der Waals surface area (Å²) in [5, 5.41) is 5.31. The van der Waals surface area contributed by atoms with E-state index in [0.29, 0.717) is 54.5 Å². The van der Waals surface area contributed by atoms with E-state index in [0.717, 1.165) is 5.39 Å². The average Bonchev–Trinajstić information content (AvgIpc) is 3.28. The summed E-state index contributed by atoms with van der Waals surface area (Å²) in [5.41, 5.74) is 2.15. The highest BCUT2D eigenvalue weighted by Crippen LogP contribution is 2.35. The van der Waals surface area contributed by atoms with Crippen LogP contribution in [0, 0.1) is 0 Å². The second kappa shape index (κ2) is 7.37. The van der Waals surface area contributed by atoms with Gasteiger partial charge in [-0.15, -0.1) is 4.83 Å². The van der Waals surface area contributed by atoms with E-state index in [4.69, 9.17) is 9.15 Å². The van der Waals surface area contributed by atoms with Gasteiger partial charge in [0.25, 0.3) is 15.9 Å². The van der Waals surface area contributed by atoms with E-state index >= 15 is 0 Å². The Hall–Kier alpha value is -2.98. The standard InChI is InChI=1S/C21H19N3O5S/c25-21-18(12-15-11-14-3-1-2-4-20(14)29-15)17-13-16(5-6-19(17)22-21)30(26,27)23-24-7-9-28-10-8-24/h1-6,11-13,23H,7-10H2,(H,22,25). The van der Waals surface area contributed by atoms with E-state index < -0.39 is 10.0 Å². The molecule has 2 aliphatic heterocycles. The predicted octanol–water partition coefficient (Wildman–Crippen LogP) is 2.45. The number of furan rings is 1. The van der Waals surface area contributed by atoms with Crippen LogP contribution in [0.2, 0.25) is 0 Å². The molecule has 1 amide bonds. The highest BCUT2D eigenvalue weighted by molar-refractivity contribution is 7.89. The van der Waals surface area contributed by atoms with Crippen LogP contribution in [0.5, 0.6) is 0 Å². The van der Waals surface area contributed by atoms with Crippen LogP contribution in [0.3, 0.4) is 0 Å². The lowest BCUT2D eigenvalue weighted by Crippen LogP contribution is -2.48. The van der Waals surface area contributed by atoms with Gasteiger partial charge < -0.3 is 14.5 Å². The van der Waals surface area contributed by atoms with Gasteiger partial charge in [0, 0.05) is 29.7 Å². The maximum atomic E-state index is 12.8. The van der Waals surface area contributed by atoms with E-state index in [1.54, 1.807) is 17.2 Å². The van der Waals surface area contributed by atoms with E-state index in [1.807, 2.05) is 30.3 Å². The third-order valence-electron chi connectivity index (χ3n) is 5.08. The van der Waals surface area contributed by atoms with Crippen LogP contribution < -0.4 is 10.1 Å². The van der Waals surface area contributed by atoms with Crippen molar-refractivity contribution in [1.29, 1.82) is 0 Å². The fourth-order valence-electron chi connectivity index (χ4n) is 3.57. The summed E-state index contributed by atoms with van der Waals surface area (Å²) in [4.78, 5) is 15.2. The van der Waals surface area contributed by atoms with Crippen LogP contribution in [-0.4, -0.2) is 45.6 Å². The van der Waals surface area contributed by atoms with Crippen LogP contribution in [-0.2, 0) is 19.6 Å². The molecule has 2 aliphatic rings. The SMILES string of the molecule is O=C1Nc2ccc(S(=O)(=O)NN3CCOCC3)cc2C1=Cc1cc2ccccc2o1. The van der Waals surface area contributed by atoms with Gasteiger partial charge in [0.1, 0.15) is 11.3 Å². The minimum absolute atomic E-state index is 0.0831. The van der Waals surface area contributed by atoms with Crippen molar-refractivity contribution in [2.24, 2.45) is 0 Å². The van der Waals surface area contributed by atoms with E-state index in [2.05, 4.69) is 10.1 Å². The molecule has 2 N–H and O–H groups in total. The first-order valence-corrected chi connectivity index (χ1v) is 11.0. The minimum atomic E-state index is -3.79. The lowest BCUT2D eigenvalue weighted by molar-refractivity contribution is -0.110. The number of hydrogen-bond acceptors (Lipinski definition) is 6. The van der Waals surface area contributed by atoms with Crippen molar-refractivity contribution in [1.82, 2.24) is 9.84 Å². The quantitative estimate of drug-likeness (QED) is 0.623. The zero-order valence-electron chi connectivity index (χ0n) is 15.9. The van der Waals surface area contributed by atoms with Crippen LogP contribution in [0.1, 0.15) is 11.3 Å². The molecule has 5 rings (SSSR count). The topological polar surface area (TPSA) is 101 Å². The Morgan fingerprint density at radius 1 is 1.07 bits per heavy atom. The number of ether oxygens (including phenoxy) is 1. The second-order valence-corrected chi connectivity index (χ2v) is 8.76. The number of anilines is 1. The number of carbonyl (C=O) groups excluding carboxylic acids is 1. The zero-order valence-corrected chi connectivity index (χ0v) is 16.7. The van der Waals surface area contributed by atoms with Crippen molar-refractivity contribution >= 4 is 44.2 Å². The molecule has 9 heteroatoms. The summed E-state index contributed by atoms with van der Waals surface area (Å²) in [6.45, 7) is 1.88. The molecule has 30 heavy (non-hydrogen) atoms. The predicted molar refractivity (Wildman–Crippen MR) is 112 cm³/mol. The van der Waals surface area contributed by atoms with Gasteiger partial charge in [-0.25, -0.2) is 13.4 Å². The highest BCUT2D eigenvalue weighted by Gasteiger charge is 2.28. The largest absolute Gasteiger partial charge is 0.457 e. The Bertz CT molecular complexity index is 1240. The number of nitrogens with one attached hydrogen (secondary N) is 2. The summed E-state index contributed by atoms with van der Waals surface area (Å²) in [7, 11) is -3.79. The van der Waals surface area contributed by atoms with Crippen molar-refractivity contribution in [3.63, 3.8) is 0 Å². The molecule has 3 aromatic rings. The number of hydrazine groups is 1. The number of morpholine rings is 1. The fraction of sp³-hybridized carbons (Fsp3) is 0.190. The third kappa shape index (κ3) is 3.52. The molecule has 2 aromatic carbocycles. The van der Waals surface area contributed by atoms with Crippen LogP contribution in [0.25, 0.3) is 22.6 Å². The lowest BCUT2D eigenvalue weighted by Gasteiger charge is -2.26. The number of sulfonamides is 1. The number of hydrogen-bond donors (Lipinski definition) is 2. The van der Waals surface area contributed by atoms with Gasteiger partial charge in [0.15, 0.2) is 0 Å². The van der Waals surface area contributed by atoms with Gasteiger partial charge in [-0.05, 0) is 36.4 Å². The van der Waals surface area contributed by atoms with Crippen LogP contribution in [0.15, 0.2) is 57.8 Å². The van der Waals surface area contributed by atoms with Gasteiger partial charge in [-0.2, -0.15) is 0 Å². The van der Waals surface area contributed by atoms with E-state index in [1.165, 1.54) is 12.1 Å². The number of fused-ring (bicyclic) bond motifs is 2. The normalized spacial score (nSPS) is 18.7.